The molecule has 7 nitrogen and oxygen atoms in total. The van der Waals surface area contributed by atoms with Crippen molar-refractivity contribution in [2.75, 3.05) is 43.6 Å². The Labute approximate surface area is 197 Å². The standard InChI is InChI=1S/C22H26N2O5S3/c1-28-20-13-16(22-30-11-12-31-22)7-8-19(20)29-15-21(25)23-17-5-4-6-18(14-17)32(26,27)24-9-2-3-10-24/h4-8,13-14,22H,2-3,9-12,15H2,1H3,(H,23,25). The number of rotatable bonds is 8. The fraction of sp³-hybridized carbons (Fsp3) is 0.409. The lowest BCUT2D eigenvalue weighted by Gasteiger charge is -2.16. The molecule has 1 amide bonds. The largest absolute Gasteiger partial charge is 0.493 e. The van der Waals surface area contributed by atoms with Gasteiger partial charge in [-0.25, -0.2) is 8.42 Å². The van der Waals surface area contributed by atoms with Crippen LogP contribution in [-0.2, 0) is 14.8 Å². The second-order valence-electron chi connectivity index (χ2n) is 7.46. The minimum Gasteiger partial charge on any atom is -0.493 e. The summed E-state index contributed by atoms with van der Waals surface area (Å²) in [4.78, 5) is 12.6. The van der Waals surface area contributed by atoms with Crippen molar-refractivity contribution in [2.45, 2.75) is 22.3 Å². The number of hydrogen-bond acceptors (Lipinski definition) is 7. The number of amides is 1. The van der Waals surface area contributed by atoms with Crippen LogP contribution in [0.3, 0.4) is 0 Å². The highest BCUT2D eigenvalue weighted by molar-refractivity contribution is 8.19. The van der Waals surface area contributed by atoms with Crippen molar-refractivity contribution in [3.63, 3.8) is 0 Å². The Kier molecular flexibility index (Phi) is 7.55. The minimum atomic E-state index is -3.54. The van der Waals surface area contributed by atoms with Crippen LogP contribution in [0.1, 0.15) is 23.0 Å². The average molecular weight is 495 g/mol. The molecule has 1 N–H and O–H groups in total. The van der Waals surface area contributed by atoms with Crippen LogP contribution in [0.2, 0.25) is 0 Å². The number of anilines is 1. The van der Waals surface area contributed by atoms with Crippen LogP contribution in [0.5, 0.6) is 11.5 Å². The van der Waals surface area contributed by atoms with Crippen LogP contribution >= 0.6 is 23.5 Å². The van der Waals surface area contributed by atoms with Gasteiger partial charge in [0.25, 0.3) is 5.91 Å². The molecule has 0 atom stereocenters. The van der Waals surface area contributed by atoms with Crippen LogP contribution in [0.25, 0.3) is 0 Å². The third-order valence-electron chi connectivity index (χ3n) is 5.26. The molecule has 0 saturated carbocycles. The average Bonchev–Trinajstić information content (AvgIpc) is 3.52. The van der Waals surface area contributed by atoms with Crippen molar-refractivity contribution in [3.8, 4) is 11.5 Å². The number of carbonyl (C=O) groups is 1. The summed E-state index contributed by atoms with van der Waals surface area (Å²) in [6.45, 7) is 0.850. The van der Waals surface area contributed by atoms with Crippen molar-refractivity contribution in [1.82, 2.24) is 4.31 Å². The zero-order valence-electron chi connectivity index (χ0n) is 17.8. The molecule has 172 valence electrons. The van der Waals surface area contributed by atoms with Crippen LogP contribution < -0.4 is 14.8 Å². The zero-order valence-corrected chi connectivity index (χ0v) is 20.2. The molecular formula is C22H26N2O5S3. The number of benzene rings is 2. The van der Waals surface area contributed by atoms with Crippen molar-refractivity contribution in [3.05, 3.63) is 48.0 Å². The molecule has 2 aliphatic heterocycles. The van der Waals surface area contributed by atoms with Crippen LogP contribution in [0, 0.1) is 0 Å². The summed E-state index contributed by atoms with van der Waals surface area (Å²) in [5.41, 5.74) is 1.58. The summed E-state index contributed by atoms with van der Waals surface area (Å²) in [6.07, 6.45) is 1.74. The van der Waals surface area contributed by atoms with Gasteiger partial charge < -0.3 is 14.8 Å². The Morgan fingerprint density at radius 2 is 1.84 bits per heavy atom. The van der Waals surface area contributed by atoms with E-state index in [0.717, 1.165) is 24.3 Å². The van der Waals surface area contributed by atoms with E-state index in [1.54, 1.807) is 25.3 Å². The topological polar surface area (TPSA) is 84.9 Å². The number of carbonyl (C=O) groups excluding carboxylic acids is 1. The molecule has 10 heteroatoms. The van der Waals surface area contributed by atoms with E-state index in [1.807, 2.05) is 41.7 Å². The molecule has 2 saturated heterocycles. The summed E-state index contributed by atoms with van der Waals surface area (Å²) in [5.74, 6) is 2.97. The molecule has 0 spiro atoms. The van der Waals surface area contributed by atoms with Crippen molar-refractivity contribution in [2.24, 2.45) is 0 Å². The first-order valence-electron chi connectivity index (χ1n) is 10.4. The molecule has 0 bridgehead atoms. The van der Waals surface area contributed by atoms with E-state index in [4.69, 9.17) is 9.47 Å². The fourth-order valence-corrected chi connectivity index (χ4v) is 8.05. The monoisotopic (exact) mass is 494 g/mol. The quantitative estimate of drug-likeness (QED) is 0.594. The third kappa shape index (κ3) is 5.36. The van der Waals surface area contributed by atoms with E-state index in [1.165, 1.54) is 15.9 Å². The molecule has 4 rings (SSSR count). The van der Waals surface area contributed by atoms with Crippen LogP contribution in [-0.4, -0.2) is 56.9 Å². The lowest BCUT2D eigenvalue weighted by Crippen LogP contribution is -2.28. The smallest absolute Gasteiger partial charge is 0.262 e. The predicted molar refractivity (Wildman–Crippen MR) is 129 cm³/mol. The Morgan fingerprint density at radius 1 is 1.09 bits per heavy atom. The summed E-state index contributed by atoms with van der Waals surface area (Å²) in [6, 6.07) is 12.1. The zero-order chi connectivity index (χ0) is 22.6. The molecule has 2 aromatic carbocycles. The Bertz CT molecular complexity index is 1060. The van der Waals surface area contributed by atoms with E-state index in [2.05, 4.69) is 5.32 Å². The van der Waals surface area contributed by atoms with Gasteiger partial charge in [0, 0.05) is 30.3 Å². The van der Waals surface area contributed by atoms with Crippen molar-refractivity contribution >= 4 is 45.1 Å². The van der Waals surface area contributed by atoms with Gasteiger partial charge >= 0.3 is 0 Å². The second kappa shape index (κ2) is 10.4. The van der Waals surface area contributed by atoms with E-state index in [9.17, 15) is 13.2 Å². The van der Waals surface area contributed by atoms with Crippen molar-refractivity contribution in [1.29, 1.82) is 0 Å². The van der Waals surface area contributed by atoms with E-state index in [-0.39, 0.29) is 17.4 Å². The van der Waals surface area contributed by atoms with Gasteiger partial charge in [0.2, 0.25) is 10.0 Å². The van der Waals surface area contributed by atoms with Gasteiger partial charge in [0.15, 0.2) is 18.1 Å². The maximum absolute atomic E-state index is 12.7. The molecule has 0 unspecified atom stereocenters. The van der Waals surface area contributed by atoms with Gasteiger partial charge in [0.1, 0.15) is 0 Å². The summed E-state index contributed by atoms with van der Waals surface area (Å²) in [7, 11) is -1.97. The lowest BCUT2D eigenvalue weighted by atomic mass is 10.2. The van der Waals surface area contributed by atoms with Crippen LogP contribution in [0.4, 0.5) is 5.69 Å². The predicted octanol–water partition coefficient (Wildman–Crippen LogP) is 3.98. The van der Waals surface area contributed by atoms with Gasteiger partial charge in [-0.3, -0.25) is 4.79 Å². The highest BCUT2D eigenvalue weighted by Gasteiger charge is 2.27. The Morgan fingerprint density at radius 3 is 2.56 bits per heavy atom. The fourth-order valence-electron chi connectivity index (χ4n) is 3.65. The number of ether oxygens (including phenoxy) is 2. The van der Waals surface area contributed by atoms with Crippen molar-refractivity contribution < 1.29 is 22.7 Å². The molecule has 2 heterocycles. The Hall–Kier alpha value is -1.88. The third-order valence-corrected chi connectivity index (χ3v) is 10.3. The maximum atomic E-state index is 12.7. The molecule has 2 aromatic rings. The number of sulfonamides is 1. The summed E-state index contributed by atoms with van der Waals surface area (Å²) < 4.78 is 38.5. The van der Waals surface area contributed by atoms with Gasteiger partial charge in [-0.1, -0.05) is 12.1 Å². The van der Waals surface area contributed by atoms with Gasteiger partial charge in [-0.2, -0.15) is 4.31 Å². The van der Waals surface area contributed by atoms with Crippen LogP contribution in [0.15, 0.2) is 47.4 Å². The number of methoxy groups -OCH3 is 1. The minimum absolute atomic E-state index is 0.179. The number of nitrogens with zero attached hydrogens (tertiary/aromatic N) is 1. The first-order chi connectivity index (χ1) is 15.5. The van der Waals surface area contributed by atoms with Gasteiger partial charge in [-0.05, 0) is 48.7 Å². The molecule has 0 aromatic heterocycles. The number of hydrogen-bond donors (Lipinski definition) is 1. The molecule has 0 radical (unpaired) electrons. The molecule has 0 aliphatic carbocycles. The highest BCUT2D eigenvalue weighted by Crippen LogP contribution is 2.46. The highest BCUT2D eigenvalue weighted by atomic mass is 32.2. The lowest BCUT2D eigenvalue weighted by molar-refractivity contribution is -0.118. The number of thioether (sulfide) groups is 2. The van der Waals surface area contributed by atoms with E-state index < -0.39 is 10.0 Å². The first kappa shape index (κ1) is 23.3. The summed E-state index contributed by atoms with van der Waals surface area (Å²) in [5, 5.41) is 2.71. The normalized spacial score (nSPS) is 17.4. The Balaban J connectivity index is 1.38. The van der Waals surface area contributed by atoms with Gasteiger partial charge in [-0.15, -0.1) is 23.5 Å². The van der Waals surface area contributed by atoms with E-state index in [0.29, 0.717) is 34.9 Å². The maximum Gasteiger partial charge on any atom is 0.262 e. The molecular weight excluding hydrogens is 468 g/mol. The number of nitrogens with one attached hydrogen (secondary N) is 1. The van der Waals surface area contributed by atoms with E-state index >= 15 is 0 Å². The SMILES string of the molecule is COc1cc(C2SCCS2)ccc1OCC(=O)Nc1cccc(S(=O)(=O)N2CCCC2)c1. The summed E-state index contributed by atoms with van der Waals surface area (Å²) >= 11 is 3.81. The molecule has 2 fully saturated rings. The molecule has 32 heavy (non-hydrogen) atoms. The van der Waals surface area contributed by atoms with Gasteiger partial charge in [0.05, 0.1) is 16.6 Å². The molecule has 2 aliphatic rings. The first-order valence-corrected chi connectivity index (χ1v) is 13.9. The second-order valence-corrected chi connectivity index (χ2v) is 12.1.